The number of fused-ring (bicyclic) bond motifs is 3. The molecule has 0 radical (unpaired) electrons. The maximum atomic E-state index is 5.97. The van der Waals surface area contributed by atoms with E-state index in [0.29, 0.717) is 0 Å². The van der Waals surface area contributed by atoms with Crippen molar-refractivity contribution in [2.45, 2.75) is 0 Å². The number of H-pyrrole nitrogens is 1. The van der Waals surface area contributed by atoms with Crippen LogP contribution in [0.1, 0.15) is 0 Å². The molecule has 0 aliphatic carbocycles. The van der Waals surface area contributed by atoms with Crippen LogP contribution in [0.15, 0.2) is 65.6 Å². The van der Waals surface area contributed by atoms with Gasteiger partial charge in [0.05, 0.1) is 0 Å². The summed E-state index contributed by atoms with van der Waals surface area (Å²) in [6.45, 7) is 0. The predicted molar refractivity (Wildman–Crippen MR) is 69.6 cm³/mol. The maximum Gasteiger partial charge on any atom is 0.246 e. The Morgan fingerprint density at radius 1 is 0.947 bits per heavy atom. The smallest absolute Gasteiger partial charge is 0.246 e. The van der Waals surface area contributed by atoms with Gasteiger partial charge in [-0.1, -0.05) is 30.3 Å². The number of aromatic amines is 1. The molecule has 0 aliphatic rings. The Kier molecular flexibility index (Phi) is 3.02. The SMILES string of the molecule is [I-].c1ccc2c(c1)oc1c(-n3cc[nH+]c3)cccc12. The summed E-state index contributed by atoms with van der Waals surface area (Å²) in [7, 11) is 0. The molecule has 4 rings (SSSR count). The van der Waals surface area contributed by atoms with Gasteiger partial charge in [0.2, 0.25) is 6.33 Å². The highest BCUT2D eigenvalue weighted by atomic mass is 127. The van der Waals surface area contributed by atoms with Crippen molar-refractivity contribution in [3.05, 3.63) is 61.2 Å². The molecule has 0 atom stereocenters. The van der Waals surface area contributed by atoms with E-state index in [1.165, 1.54) is 0 Å². The average Bonchev–Trinajstić information content (AvgIpc) is 3.05. The number of benzene rings is 2. The summed E-state index contributed by atoms with van der Waals surface area (Å²) in [5, 5.41) is 2.31. The molecule has 4 heteroatoms. The molecule has 2 aromatic heterocycles. The fourth-order valence-electron chi connectivity index (χ4n) is 2.38. The molecule has 19 heavy (non-hydrogen) atoms. The van der Waals surface area contributed by atoms with Gasteiger partial charge in [-0.2, -0.15) is 4.57 Å². The first-order valence-corrected chi connectivity index (χ1v) is 5.88. The number of aromatic nitrogens is 2. The summed E-state index contributed by atoms with van der Waals surface area (Å²) in [6.07, 6.45) is 5.77. The van der Waals surface area contributed by atoms with Gasteiger partial charge in [-0.3, -0.25) is 0 Å². The first-order chi connectivity index (χ1) is 8.93. The van der Waals surface area contributed by atoms with E-state index >= 15 is 0 Å². The van der Waals surface area contributed by atoms with Crippen molar-refractivity contribution in [2.24, 2.45) is 0 Å². The lowest BCUT2D eigenvalue weighted by molar-refractivity contribution is -0.376. The number of furan rings is 1. The minimum absolute atomic E-state index is 0. The Bertz CT molecular complexity index is 834. The number of imidazole rings is 1. The highest BCUT2D eigenvalue weighted by molar-refractivity contribution is 6.07. The van der Waals surface area contributed by atoms with E-state index in [-0.39, 0.29) is 24.0 Å². The lowest BCUT2D eigenvalue weighted by Crippen LogP contribution is -3.00. The third-order valence-electron chi connectivity index (χ3n) is 3.21. The Morgan fingerprint density at radius 2 is 1.79 bits per heavy atom. The summed E-state index contributed by atoms with van der Waals surface area (Å²) in [5.41, 5.74) is 2.89. The van der Waals surface area contributed by atoms with E-state index in [4.69, 9.17) is 4.42 Å². The van der Waals surface area contributed by atoms with Crippen molar-refractivity contribution in [1.29, 1.82) is 0 Å². The standard InChI is InChI=1S/C15H10N2O.HI/c1-2-7-14-11(4-1)12-5-3-6-13(15(12)18-14)17-9-8-16-10-17;/h1-10H;1H. The molecule has 2 aromatic carbocycles. The van der Waals surface area contributed by atoms with Crippen LogP contribution in [0.2, 0.25) is 0 Å². The molecule has 0 aliphatic heterocycles. The first kappa shape index (κ1) is 12.2. The number of hydrogen-bond acceptors (Lipinski definition) is 1. The molecule has 4 aromatic rings. The van der Waals surface area contributed by atoms with Crippen molar-refractivity contribution in [3.63, 3.8) is 0 Å². The fourth-order valence-corrected chi connectivity index (χ4v) is 2.38. The normalized spacial score (nSPS) is 10.7. The topological polar surface area (TPSA) is 32.2 Å². The van der Waals surface area contributed by atoms with E-state index < -0.39 is 0 Å². The van der Waals surface area contributed by atoms with Crippen molar-refractivity contribution in [3.8, 4) is 5.69 Å². The zero-order valence-corrected chi connectivity index (χ0v) is 12.2. The second kappa shape index (κ2) is 4.70. The number of para-hydroxylation sites is 2. The Labute approximate surface area is 126 Å². The lowest BCUT2D eigenvalue weighted by Gasteiger charge is -1.95. The van der Waals surface area contributed by atoms with Crippen LogP contribution in [0.4, 0.5) is 0 Å². The molecule has 2 heterocycles. The van der Waals surface area contributed by atoms with Gasteiger partial charge in [0.15, 0.2) is 11.3 Å². The highest BCUT2D eigenvalue weighted by Crippen LogP contribution is 2.31. The monoisotopic (exact) mass is 362 g/mol. The Balaban J connectivity index is 0.00000110. The number of nitrogens with one attached hydrogen (secondary N) is 1. The summed E-state index contributed by atoms with van der Waals surface area (Å²) in [4.78, 5) is 3.05. The number of halogens is 1. The largest absolute Gasteiger partial charge is 1.00 e. The van der Waals surface area contributed by atoms with E-state index in [1.54, 1.807) is 0 Å². The molecule has 0 unspecified atom stereocenters. The van der Waals surface area contributed by atoms with Crippen molar-refractivity contribution < 1.29 is 33.4 Å². The lowest BCUT2D eigenvalue weighted by atomic mass is 10.1. The third-order valence-corrected chi connectivity index (χ3v) is 3.21. The van der Waals surface area contributed by atoms with Crippen LogP contribution in [0, 0.1) is 0 Å². The number of rotatable bonds is 1. The number of hydrogen-bond donors (Lipinski definition) is 0. The molecule has 0 bridgehead atoms. The van der Waals surface area contributed by atoms with Crippen molar-refractivity contribution >= 4 is 21.9 Å². The van der Waals surface area contributed by atoms with Crippen molar-refractivity contribution in [1.82, 2.24) is 4.57 Å². The molecule has 0 amide bonds. The Morgan fingerprint density at radius 3 is 2.63 bits per heavy atom. The van der Waals surface area contributed by atoms with Gasteiger partial charge >= 0.3 is 0 Å². The molecule has 1 N–H and O–H groups in total. The average molecular weight is 362 g/mol. The highest BCUT2D eigenvalue weighted by Gasteiger charge is 2.13. The fraction of sp³-hybridized carbons (Fsp3) is 0. The summed E-state index contributed by atoms with van der Waals surface area (Å²) in [6, 6.07) is 14.3. The number of nitrogens with zero attached hydrogens (tertiary/aromatic N) is 1. The Hall–Kier alpha value is -1.82. The zero-order valence-electron chi connectivity index (χ0n) is 10.0. The summed E-state index contributed by atoms with van der Waals surface area (Å²) >= 11 is 0. The van der Waals surface area contributed by atoms with Gasteiger partial charge in [-0.25, -0.2) is 4.98 Å². The second-order valence-corrected chi connectivity index (χ2v) is 4.27. The minimum atomic E-state index is 0. The maximum absolute atomic E-state index is 5.97. The van der Waals surface area contributed by atoms with Crippen LogP contribution in [-0.4, -0.2) is 4.57 Å². The summed E-state index contributed by atoms with van der Waals surface area (Å²) < 4.78 is 7.99. The third kappa shape index (κ3) is 1.83. The molecular formula is C15H11IN2O. The molecule has 94 valence electrons. The van der Waals surface area contributed by atoms with Crippen LogP contribution < -0.4 is 29.0 Å². The minimum Gasteiger partial charge on any atom is -1.00 e. The van der Waals surface area contributed by atoms with Gasteiger partial charge in [0.1, 0.15) is 18.0 Å². The van der Waals surface area contributed by atoms with Gasteiger partial charge in [-0.15, -0.1) is 0 Å². The molecular weight excluding hydrogens is 351 g/mol. The van der Waals surface area contributed by atoms with Gasteiger partial charge < -0.3 is 28.4 Å². The van der Waals surface area contributed by atoms with Crippen LogP contribution >= 0.6 is 0 Å². The molecule has 0 spiro atoms. The van der Waals surface area contributed by atoms with Gasteiger partial charge in [0.25, 0.3) is 0 Å². The van der Waals surface area contributed by atoms with E-state index in [9.17, 15) is 0 Å². The van der Waals surface area contributed by atoms with Gasteiger partial charge in [-0.05, 0) is 12.1 Å². The van der Waals surface area contributed by atoms with E-state index in [1.807, 2.05) is 41.5 Å². The van der Waals surface area contributed by atoms with Crippen LogP contribution in [0.3, 0.4) is 0 Å². The second-order valence-electron chi connectivity index (χ2n) is 4.27. The van der Waals surface area contributed by atoms with Gasteiger partial charge in [0, 0.05) is 10.8 Å². The quantitative estimate of drug-likeness (QED) is 0.445. The van der Waals surface area contributed by atoms with Crippen LogP contribution in [0.5, 0.6) is 0 Å². The summed E-state index contributed by atoms with van der Waals surface area (Å²) in [5.74, 6) is 0. The molecule has 0 fully saturated rings. The molecule has 0 saturated carbocycles. The van der Waals surface area contributed by atoms with E-state index in [0.717, 1.165) is 27.6 Å². The van der Waals surface area contributed by atoms with Crippen LogP contribution in [-0.2, 0) is 0 Å². The zero-order chi connectivity index (χ0) is 11.9. The molecule has 0 saturated heterocycles. The first-order valence-electron chi connectivity index (χ1n) is 5.88. The molecule has 3 nitrogen and oxygen atoms in total. The van der Waals surface area contributed by atoms with Crippen molar-refractivity contribution in [2.75, 3.05) is 0 Å². The predicted octanol–water partition coefficient (Wildman–Crippen LogP) is 0.195. The van der Waals surface area contributed by atoms with Crippen LogP contribution in [0.25, 0.3) is 27.6 Å². The van der Waals surface area contributed by atoms with E-state index in [2.05, 4.69) is 29.2 Å².